The number of carbonyl (C=O) groups excluding carboxylic acids is 2. The number of hydrogen-bond donors (Lipinski definition) is 1. The molecule has 0 spiro atoms. The SMILES string of the molecule is Cc1c(N2C(=O)[C@H]3[C@@H](O)CCN3C2=O)ccc(C#N)c1C#N. The predicted octanol–water partition coefficient (Wildman–Crippen LogP) is 0.640. The van der Waals surface area contributed by atoms with Gasteiger partial charge in [-0.05, 0) is 31.0 Å². The van der Waals surface area contributed by atoms with E-state index in [1.807, 2.05) is 12.1 Å². The Labute approximate surface area is 126 Å². The van der Waals surface area contributed by atoms with Crippen LogP contribution in [0.4, 0.5) is 10.5 Å². The number of nitrogens with zero attached hydrogens (tertiary/aromatic N) is 4. The van der Waals surface area contributed by atoms with Crippen LogP contribution in [0.25, 0.3) is 0 Å². The number of hydrogen-bond acceptors (Lipinski definition) is 5. The summed E-state index contributed by atoms with van der Waals surface area (Å²) in [4.78, 5) is 27.2. The van der Waals surface area contributed by atoms with E-state index < -0.39 is 24.1 Å². The molecule has 1 N–H and O–H groups in total. The van der Waals surface area contributed by atoms with Crippen LogP contribution in [0.15, 0.2) is 12.1 Å². The zero-order chi connectivity index (χ0) is 16.0. The average Bonchev–Trinajstić information content (AvgIpc) is 3.00. The Morgan fingerprint density at radius 1 is 1.27 bits per heavy atom. The molecule has 0 aromatic heterocycles. The molecule has 2 heterocycles. The normalized spacial score (nSPS) is 23.5. The molecule has 110 valence electrons. The summed E-state index contributed by atoms with van der Waals surface area (Å²) in [5.74, 6) is -0.494. The van der Waals surface area contributed by atoms with E-state index in [1.54, 1.807) is 6.92 Å². The van der Waals surface area contributed by atoms with Crippen LogP contribution in [0, 0.1) is 29.6 Å². The second-order valence-electron chi connectivity index (χ2n) is 5.31. The summed E-state index contributed by atoms with van der Waals surface area (Å²) in [5.41, 5.74) is 1.03. The lowest BCUT2D eigenvalue weighted by molar-refractivity contribution is -0.121. The number of urea groups is 1. The van der Waals surface area contributed by atoms with E-state index in [0.717, 1.165) is 4.90 Å². The molecule has 0 unspecified atom stereocenters. The standard InChI is InChI=1S/C15H12N4O3/c1-8-10(7-17)9(6-16)2-3-11(8)19-14(21)13-12(20)4-5-18(13)15(19)22/h2-3,12-13,20H,4-5H2,1H3/t12-,13+/m0/s1. The number of nitriles is 2. The molecule has 2 saturated heterocycles. The summed E-state index contributed by atoms with van der Waals surface area (Å²) in [6.45, 7) is 1.92. The van der Waals surface area contributed by atoms with Gasteiger partial charge < -0.3 is 10.0 Å². The molecule has 3 amide bonds. The molecule has 2 atom stereocenters. The van der Waals surface area contributed by atoms with Gasteiger partial charge in [0.25, 0.3) is 5.91 Å². The number of imide groups is 1. The number of aliphatic hydroxyl groups is 1. The highest BCUT2D eigenvalue weighted by molar-refractivity contribution is 6.22. The first-order valence-corrected chi connectivity index (χ1v) is 6.77. The number of benzene rings is 1. The molecule has 7 nitrogen and oxygen atoms in total. The zero-order valence-corrected chi connectivity index (χ0v) is 11.8. The fourth-order valence-corrected chi connectivity index (χ4v) is 3.05. The molecular weight excluding hydrogens is 284 g/mol. The van der Waals surface area contributed by atoms with E-state index in [2.05, 4.69) is 0 Å². The number of anilines is 1. The first-order valence-electron chi connectivity index (χ1n) is 6.77. The van der Waals surface area contributed by atoms with Crippen molar-refractivity contribution in [2.24, 2.45) is 0 Å². The van der Waals surface area contributed by atoms with Crippen LogP contribution in [0.1, 0.15) is 23.1 Å². The van der Waals surface area contributed by atoms with Gasteiger partial charge in [0.1, 0.15) is 18.2 Å². The summed E-state index contributed by atoms with van der Waals surface area (Å²) in [7, 11) is 0. The summed E-state index contributed by atoms with van der Waals surface area (Å²) in [6.07, 6.45) is -0.484. The Morgan fingerprint density at radius 3 is 2.59 bits per heavy atom. The van der Waals surface area contributed by atoms with Gasteiger partial charge in [-0.2, -0.15) is 10.5 Å². The van der Waals surface area contributed by atoms with Crippen molar-refractivity contribution in [2.45, 2.75) is 25.5 Å². The minimum Gasteiger partial charge on any atom is -0.390 e. The largest absolute Gasteiger partial charge is 0.390 e. The maximum absolute atomic E-state index is 12.5. The first-order chi connectivity index (χ1) is 10.5. The molecule has 22 heavy (non-hydrogen) atoms. The summed E-state index contributed by atoms with van der Waals surface area (Å²) in [6, 6.07) is 5.40. The third-order valence-corrected chi connectivity index (χ3v) is 4.19. The molecular formula is C15H12N4O3. The van der Waals surface area contributed by atoms with Crippen molar-refractivity contribution in [3.8, 4) is 12.1 Å². The Morgan fingerprint density at radius 2 is 2.00 bits per heavy atom. The van der Waals surface area contributed by atoms with E-state index in [4.69, 9.17) is 5.26 Å². The Hall–Kier alpha value is -2.90. The number of rotatable bonds is 1. The van der Waals surface area contributed by atoms with E-state index in [-0.39, 0.29) is 16.8 Å². The van der Waals surface area contributed by atoms with E-state index in [1.165, 1.54) is 17.0 Å². The molecule has 0 bridgehead atoms. The molecule has 2 aliphatic rings. The highest BCUT2D eigenvalue weighted by Gasteiger charge is 2.52. The summed E-state index contributed by atoms with van der Waals surface area (Å²) < 4.78 is 0. The number of aliphatic hydroxyl groups excluding tert-OH is 1. The second-order valence-corrected chi connectivity index (χ2v) is 5.31. The maximum atomic E-state index is 12.5. The van der Waals surface area contributed by atoms with Crippen molar-refractivity contribution in [3.63, 3.8) is 0 Å². The van der Waals surface area contributed by atoms with Crippen LogP contribution >= 0.6 is 0 Å². The molecule has 1 aromatic carbocycles. The summed E-state index contributed by atoms with van der Waals surface area (Å²) in [5, 5.41) is 28.1. The average molecular weight is 296 g/mol. The molecule has 2 fully saturated rings. The molecule has 0 aliphatic carbocycles. The molecule has 2 aliphatic heterocycles. The van der Waals surface area contributed by atoms with E-state index >= 15 is 0 Å². The van der Waals surface area contributed by atoms with Crippen molar-refractivity contribution >= 4 is 17.6 Å². The molecule has 0 saturated carbocycles. The van der Waals surface area contributed by atoms with Gasteiger partial charge in [-0.15, -0.1) is 0 Å². The molecule has 3 rings (SSSR count). The highest BCUT2D eigenvalue weighted by Crippen LogP contribution is 2.34. The van der Waals surface area contributed by atoms with Gasteiger partial charge in [0.05, 0.1) is 22.9 Å². The van der Waals surface area contributed by atoms with Crippen LogP contribution in [-0.2, 0) is 4.79 Å². The van der Waals surface area contributed by atoms with Crippen LogP contribution < -0.4 is 4.90 Å². The van der Waals surface area contributed by atoms with Crippen LogP contribution in [0.3, 0.4) is 0 Å². The molecule has 7 heteroatoms. The van der Waals surface area contributed by atoms with Crippen molar-refractivity contribution in [1.29, 1.82) is 10.5 Å². The Kier molecular flexibility index (Phi) is 3.09. The van der Waals surface area contributed by atoms with Gasteiger partial charge >= 0.3 is 6.03 Å². The third kappa shape index (κ3) is 1.70. The van der Waals surface area contributed by atoms with Gasteiger partial charge in [0, 0.05) is 6.54 Å². The predicted molar refractivity (Wildman–Crippen MR) is 74.6 cm³/mol. The lowest BCUT2D eigenvalue weighted by Crippen LogP contribution is -2.36. The van der Waals surface area contributed by atoms with Crippen molar-refractivity contribution in [1.82, 2.24) is 4.90 Å². The summed E-state index contributed by atoms with van der Waals surface area (Å²) >= 11 is 0. The van der Waals surface area contributed by atoms with Crippen LogP contribution in [0.5, 0.6) is 0 Å². The Bertz CT molecular complexity index is 774. The first kappa shape index (κ1) is 14.1. The van der Waals surface area contributed by atoms with Gasteiger partial charge in [-0.1, -0.05) is 0 Å². The third-order valence-electron chi connectivity index (χ3n) is 4.19. The van der Waals surface area contributed by atoms with Gasteiger partial charge in [-0.25, -0.2) is 9.69 Å². The maximum Gasteiger partial charge on any atom is 0.332 e. The highest BCUT2D eigenvalue weighted by atomic mass is 16.3. The molecule has 1 aromatic rings. The topological polar surface area (TPSA) is 108 Å². The lowest BCUT2D eigenvalue weighted by atomic mass is 10.0. The van der Waals surface area contributed by atoms with Gasteiger partial charge in [0.2, 0.25) is 0 Å². The van der Waals surface area contributed by atoms with E-state index in [9.17, 15) is 20.0 Å². The monoisotopic (exact) mass is 296 g/mol. The zero-order valence-electron chi connectivity index (χ0n) is 11.8. The lowest BCUT2D eigenvalue weighted by Gasteiger charge is -2.18. The van der Waals surface area contributed by atoms with Crippen LogP contribution in [0.2, 0.25) is 0 Å². The second kappa shape index (κ2) is 4.83. The number of fused-ring (bicyclic) bond motifs is 1. The van der Waals surface area contributed by atoms with Gasteiger partial charge in [-0.3, -0.25) is 4.79 Å². The van der Waals surface area contributed by atoms with Crippen molar-refractivity contribution in [2.75, 3.05) is 11.4 Å². The minimum absolute atomic E-state index is 0.146. The van der Waals surface area contributed by atoms with E-state index in [0.29, 0.717) is 18.5 Å². The number of amides is 3. The van der Waals surface area contributed by atoms with Crippen molar-refractivity contribution < 1.29 is 14.7 Å². The van der Waals surface area contributed by atoms with Gasteiger partial charge in [0.15, 0.2) is 0 Å². The van der Waals surface area contributed by atoms with Crippen molar-refractivity contribution in [3.05, 3.63) is 28.8 Å². The quantitative estimate of drug-likeness (QED) is 0.765. The number of carbonyl (C=O) groups is 2. The van der Waals surface area contributed by atoms with Crippen LogP contribution in [-0.4, -0.2) is 40.6 Å². The minimum atomic E-state index is -0.865. The fraction of sp³-hybridized carbons (Fsp3) is 0.333. The Balaban J connectivity index is 2.10. The fourth-order valence-electron chi connectivity index (χ4n) is 3.05. The smallest absolute Gasteiger partial charge is 0.332 e. The molecule has 0 radical (unpaired) electrons.